The lowest BCUT2D eigenvalue weighted by atomic mass is 10.1. The zero-order chi connectivity index (χ0) is 15.2. The van der Waals surface area contributed by atoms with E-state index in [-0.39, 0.29) is 0 Å². The van der Waals surface area contributed by atoms with Gasteiger partial charge in [0.15, 0.2) is 0 Å². The van der Waals surface area contributed by atoms with Crippen LogP contribution in [0.15, 0.2) is 24.4 Å². The van der Waals surface area contributed by atoms with Gasteiger partial charge in [0.05, 0.1) is 16.8 Å². The van der Waals surface area contributed by atoms with E-state index in [0.29, 0.717) is 5.52 Å². The van der Waals surface area contributed by atoms with Crippen LogP contribution in [0.2, 0.25) is 0 Å². The number of piperazine rings is 1. The minimum absolute atomic E-state index is 0.596. The van der Waals surface area contributed by atoms with Crippen molar-refractivity contribution in [2.24, 2.45) is 7.05 Å². The first-order valence-electron chi connectivity index (χ1n) is 6.96. The van der Waals surface area contributed by atoms with E-state index in [2.05, 4.69) is 16.8 Å². The summed E-state index contributed by atoms with van der Waals surface area (Å²) in [6.45, 7) is 3.74. The summed E-state index contributed by atoms with van der Waals surface area (Å²) in [5.41, 5.74) is 1.05. The summed E-state index contributed by atoms with van der Waals surface area (Å²) in [5.74, 6) is 0. The van der Waals surface area contributed by atoms with Crippen molar-refractivity contribution in [3.05, 3.63) is 30.0 Å². The Morgan fingerprint density at radius 1 is 1.00 bits per heavy atom. The summed E-state index contributed by atoms with van der Waals surface area (Å²) in [7, 11) is 3.87. The first kappa shape index (κ1) is 14.3. The second-order valence-corrected chi connectivity index (χ2v) is 5.65. The molecule has 1 saturated heterocycles. The van der Waals surface area contributed by atoms with Gasteiger partial charge in [0.1, 0.15) is 0 Å². The average Bonchev–Trinajstić information content (AvgIpc) is 2.76. The van der Waals surface area contributed by atoms with Crippen LogP contribution in [0.5, 0.6) is 0 Å². The number of aromatic nitrogens is 1. The van der Waals surface area contributed by atoms with Crippen molar-refractivity contribution in [1.82, 2.24) is 9.47 Å². The van der Waals surface area contributed by atoms with Crippen LogP contribution in [0.4, 0.5) is 18.9 Å². The number of nitrogens with zero attached hydrogens (tertiary/aromatic N) is 3. The van der Waals surface area contributed by atoms with Gasteiger partial charge in [-0.3, -0.25) is 0 Å². The second kappa shape index (κ2) is 4.94. The number of halogens is 3. The molecule has 0 bridgehead atoms. The van der Waals surface area contributed by atoms with Gasteiger partial charge in [0.2, 0.25) is 0 Å². The first-order valence-corrected chi connectivity index (χ1v) is 6.96. The Morgan fingerprint density at radius 2 is 1.67 bits per heavy atom. The summed E-state index contributed by atoms with van der Waals surface area (Å²) in [6, 6.07) is 3.99. The molecule has 0 radical (unpaired) electrons. The molecule has 1 aliphatic heterocycles. The number of likely N-dealkylation sites (N-methyl/N-ethyl adjacent to an activating group) is 1. The molecule has 0 aliphatic carbocycles. The van der Waals surface area contributed by atoms with Crippen LogP contribution in [-0.4, -0.2) is 42.7 Å². The lowest BCUT2D eigenvalue weighted by Gasteiger charge is -2.33. The fourth-order valence-corrected chi connectivity index (χ4v) is 2.84. The van der Waals surface area contributed by atoms with E-state index in [4.69, 9.17) is 0 Å². The highest BCUT2D eigenvalue weighted by Gasteiger charge is 2.31. The molecule has 0 N–H and O–H groups in total. The molecule has 0 unspecified atom stereocenters. The SMILES string of the molecule is CN1CCN(c2cn(C)c3cc(C(F)(F)F)ccc23)CC1. The summed E-state index contributed by atoms with van der Waals surface area (Å²) in [6.07, 6.45) is -2.37. The number of alkyl halides is 3. The van der Waals surface area contributed by atoms with Crippen molar-refractivity contribution in [3.63, 3.8) is 0 Å². The predicted octanol–water partition coefficient (Wildman–Crippen LogP) is 2.95. The van der Waals surface area contributed by atoms with Gasteiger partial charge in [0.25, 0.3) is 0 Å². The van der Waals surface area contributed by atoms with Crippen LogP contribution in [0, 0.1) is 0 Å². The topological polar surface area (TPSA) is 11.4 Å². The Balaban J connectivity index is 2.02. The van der Waals surface area contributed by atoms with E-state index >= 15 is 0 Å². The zero-order valence-electron chi connectivity index (χ0n) is 12.1. The van der Waals surface area contributed by atoms with E-state index in [9.17, 15) is 13.2 Å². The van der Waals surface area contributed by atoms with Gasteiger partial charge in [-0.25, -0.2) is 0 Å². The van der Waals surface area contributed by atoms with Gasteiger partial charge in [-0.05, 0) is 19.2 Å². The van der Waals surface area contributed by atoms with Crippen molar-refractivity contribution in [1.29, 1.82) is 0 Å². The van der Waals surface area contributed by atoms with Crippen molar-refractivity contribution in [3.8, 4) is 0 Å². The van der Waals surface area contributed by atoms with Gasteiger partial charge in [-0.1, -0.05) is 6.07 Å². The molecular weight excluding hydrogens is 279 g/mol. The Bertz CT molecular complexity index is 652. The highest BCUT2D eigenvalue weighted by Crippen LogP contribution is 2.35. The zero-order valence-corrected chi connectivity index (χ0v) is 12.1. The van der Waals surface area contributed by atoms with Crippen molar-refractivity contribution in [2.45, 2.75) is 6.18 Å². The first-order chi connectivity index (χ1) is 9.86. The third-order valence-corrected chi connectivity index (χ3v) is 4.14. The molecule has 1 aromatic carbocycles. The predicted molar refractivity (Wildman–Crippen MR) is 77.6 cm³/mol. The molecule has 1 aromatic heterocycles. The number of benzene rings is 1. The summed E-state index contributed by atoms with van der Waals surface area (Å²) in [4.78, 5) is 4.50. The lowest BCUT2D eigenvalue weighted by molar-refractivity contribution is -0.137. The van der Waals surface area contributed by atoms with Gasteiger partial charge in [-0.15, -0.1) is 0 Å². The molecule has 21 heavy (non-hydrogen) atoms. The van der Waals surface area contributed by atoms with Gasteiger partial charge >= 0.3 is 6.18 Å². The monoisotopic (exact) mass is 297 g/mol. The highest BCUT2D eigenvalue weighted by atomic mass is 19.4. The Kier molecular flexibility index (Phi) is 3.36. The van der Waals surface area contributed by atoms with Crippen LogP contribution in [0.3, 0.4) is 0 Å². The molecular formula is C15H18F3N3. The largest absolute Gasteiger partial charge is 0.416 e. The lowest BCUT2D eigenvalue weighted by Crippen LogP contribution is -2.44. The van der Waals surface area contributed by atoms with E-state index in [0.717, 1.165) is 37.3 Å². The summed E-state index contributed by atoms with van der Waals surface area (Å²) in [5, 5.41) is 0.884. The number of anilines is 1. The molecule has 2 heterocycles. The van der Waals surface area contributed by atoms with Crippen LogP contribution < -0.4 is 4.90 Å². The van der Waals surface area contributed by atoms with E-state index in [1.54, 1.807) is 17.7 Å². The summed E-state index contributed by atoms with van der Waals surface area (Å²) >= 11 is 0. The van der Waals surface area contributed by atoms with Crippen LogP contribution in [-0.2, 0) is 13.2 Å². The number of rotatable bonds is 1. The normalized spacial score (nSPS) is 17.7. The molecule has 1 aliphatic rings. The summed E-state index contributed by atoms with van der Waals surface area (Å²) < 4.78 is 40.3. The Labute approximate surface area is 121 Å². The molecule has 1 fully saturated rings. The molecule has 0 spiro atoms. The minimum atomic E-state index is -4.30. The highest BCUT2D eigenvalue weighted by molar-refractivity contribution is 5.94. The van der Waals surface area contributed by atoms with Crippen LogP contribution in [0.25, 0.3) is 10.9 Å². The van der Waals surface area contributed by atoms with Gasteiger partial charge in [0, 0.05) is 44.8 Å². The van der Waals surface area contributed by atoms with Crippen LogP contribution >= 0.6 is 0 Å². The molecule has 2 aromatic rings. The molecule has 6 heteroatoms. The Hall–Kier alpha value is -1.69. The van der Waals surface area contributed by atoms with E-state index < -0.39 is 11.7 Å². The van der Waals surface area contributed by atoms with Crippen molar-refractivity contribution in [2.75, 3.05) is 38.1 Å². The molecule has 3 nitrogen and oxygen atoms in total. The smallest absolute Gasteiger partial charge is 0.367 e. The quantitative estimate of drug-likeness (QED) is 0.802. The van der Waals surface area contributed by atoms with Crippen molar-refractivity contribution >= 4 is 16.6 Å². The molecule has 3 rings (SSSR count). The third kappa shape index (κ3) is 2.60. The third-order valence-electron chi connectivity index (χ3n) is 4.14. The number of aryl methyl sites for hydroxylation is 1. The number of hydrogen-bond donors (Lipinski definition) is 0. The van der Waals surface area contributed by atoms with E-state index in [1.165, 1.54) is 12.1 Å². The second-order valence-electron chi connectivity index (χ2n) is 5.65. The van der Waals surface area contributed by atoms with Gasteiger partial charge < -0.3 is 14.4 Å². The maximum Gasteiger partial charge on any atom is 0.416 e. The fourth-order valence-electron chi connectivity index (χ4n) is 2.84. The number of hydrogen-bond acceptors (Lipinski definition) is 2. The molecule has 0 amide bonds. The Morgan fingerprint density at radius 3 is 2.29 bits per heavy atom. The number of fused-ring (bicyclic) bond motifs is 1. The van der Waals surface area contributed by atoms with Crippen molar-refractivity contribution < 1.29 is 13.2 Å². The standard InChI is InChI=1S/C15H18F3N3/c1-19-5-7-21(8-6-19)14-10-20(2)13-9-11(15(16,17)18)3-4-12(13)14/h3-4,9-10H,5-8H2,1-2H3. The maximum absolute atomic E-state index is 12.8. The molecule has 0 atom stereocenters. The fraction of sp³-hybridized carbons (Fsp3) is 0.467. The van der Waals surface area contributed by atoms with E-state index in [1.807, 2.05) is 6.20 Å². The molecule has 0 saturated carbocycles. The minimum Gasteiger partial charge on any atom is -0.367 e. The van der Waals surface area contributed by atoms with Gasteiger partial charge in [-0.2, -0.15) is 13.2 Å². The average molecular weight is 297 g/mol. The maximum atomic E-state index is 12.8. The molecule has 114 valence electrons. The van der Waals surface area contributed by atoms with Crippen LogP contribution in [0.1, 0.15) is 5.56 Å².